The van der Waals surface area contributed by atoms with Crippen LogP contribution in [0.3, 0.4) is 0 Å². The van der Waals surface area contributed by atoms with Crippen LogP contribution in [0.1, 0.15) is 22.2 Å². The molecule has 7 nitrogen and oxygen atoms in total. The van der Waals surface area contributed by atoms with E-state index in [1.165, 1.54) is 17.5 Å². The van der Waals surface area contributed by atoms with E-state index in [1.807, 2.05) is 19.9 Å². The third-order valence-electron chi connectivity index (χ3n) is 3.65. The molecule has 1 amide bonds. The highest BCUT2D eigenvalue weighted by Gasteiger charge is 2.25. The molecule has 24 heavy (non-hydrogen) atoms. The number of amides is 1. The Hall–Kier alpha value is -3.05. The van der Waals surface area contributed by atoms with Crippen molar-refractivity contribution >= 4 is 33.1 Å². The standard InChI is InChI=1S/C16H13N5O2S/c1-8-9(2)24-16-12(8)15(23)20-13(21-16)11(6-17)14(22)19-10-4-3-5-18-7-10/h3-5,7,11H,1-2H3,(H,19,22)(H,20,21,23)/t11-/m0/s1. The van der Waals surface area contributed by atoms with Gasteiger partial charge < -0.3 is 10.3 Å². The number of pyridine rings is 1. The van der Waals surface area contributed by atoms with E-state index in [0.29, 0.717) is 15.9 Å². The molecule has 0 unspecified atom stereocenters. The molecule has 0 bridgehead atoms. The Morgan fingerprint density at radius 2 is 2.25 bits per heavy atom. The minimum absolute atomic E-state index is 0.0395. The van der Waals surface area contributed by atoms with Crippen molar-refractivity contribution in [3.8, 4) is 6.07 Å². The first-order valence-corrected chi connectivity index (χ1v) is 7.93. The molecule has 2 N–H and O–H groups in total. The van der Waals surface area contributed by atoms with Gasteiger partial charge in [0.25, 0.3) is 5.56 Å². The lowest BCUT2D eigenvalue weighted by Crippen LogP contribution is -2.24. The van der Waals surface area contributed by atoms with Gasteiger partial charge in [-0.2, -0.15) is 5.26 Å². The summed E-state index contributed by atoms with van der Waals surface area (Å²) >= 11 is 1.37. The molecule has 0 spiro atoms. The number of nitriles is 1. The van der Waals surface area contributed by atoms with Gasteiger partial charge in [-0.15, -0.1) is 11.3 Å². The largest absolute Gasteiger partial charge is 0.323 e. The number of aryl methyl sites for hydroxylation is 2. The maximum atomic E-state index is 12.3. The van der Waals surface area contributed by atoms with Crippen LogP contribution in [0.4, 0.5) is 5.69 Å². The van der Waals surface area contributed by atoms with Gasteiger partial charge in [-0.3, -0.25) is 14.6 Å². The van der Waals surface area contributed by atoms with E-state index in [-0.39, 0.29) is 11.4 Å². The summed E-state index contributed by atoms with van der Waals surface area (Å²) in [4.78, 5) is 36.9. The predicted octanol–water partition coefficient (Wildman–Crippen LogP) is 2.24. The topological polar surface area (TPSA) is 112 Å². The molecule has 1 atom stereocenters. The molecule has 0 saturated carbocycles. The predicted molar refractivity (Wildman–Crippen MR) is 90.9 cm³/mol. The maximum absolute atomic E-state index is 12.3. The summed E-state index contributed by atoms with van der Waals surface area (Å²) in [5.41, 5.74) is 0.990. The quantitative estimate of drug-likeness (QED) is 0.760. The fourth-order valence-corrected chi connectivity index (χ4v) is 3.34. The van der Waals surface area contributed by atoms with Crippen molar-refractivity contribution in [3.63, 3.8) is 0 Å². The van der Waals surface area contributed by atoms with Crippen LogP contribution in [-0.2, 0) is 4.79 Å². The van der Waals surface area contributed by atoms with Crippen molar-refractivity contribution in [2.75, 3.05) is 5.32 Å². The first-order valence-electron chi connectivity index (χ1n) is 7.11. The van der Waals surface area contributed by atoms with Gasteiger partial charge in [-0.1, -0.05) is 0 Å². The van der Waals surface area contributed by atoms with Crippen molar-refractivity contribution in [1.82, 2.24) is 15.0 Å². The summed E-state index contributed by atoms with van der Waals surface area (Å²) in [5, 5.41) is 12.5. The lowest BCUT2D eigenvalue weighted by Gasteiger charge is -2.09. The van der Waals surface area contributed by atoms with Crippen LogP contribution in [0, 0.1) is 25.2 Å². The second-order valence-corrected chi connectivity index (χ2v) is 6.41. The zero-order valence-electron chi connectivity index (χ0n) is 13.0. The first-order chi connectivity index (χ1) is 11.5. The summed E-state index contributed by atoms with van der Waals surface area (Å²) in [6.07, 6.45) is 3.05. The Morgan fingerprint density at radius 3 is 2.92 bits per heavy atom. The van der Waals surface area contributed by atoms with Crippen LogP contribution < -0.4 is 10.9 Å². The van der Waals surface area contributed by atoms with Crippen LogP contribution in [0.5, 0.6) is 0 Å². The number of H-pyrrole nitrogens is 1. The van der Waals surface area contributed by atoms with Gasteiger partial charge in [0, 0.05) is 11.1 Å². The number of nitrogens with zero attached hydrogens (tertiary/aromatic N) is 3. The van der Waals surface area contributed by atoms with Crippen molar-refractivity contribution in [3.05, 3.63) is 51.1 Å². The summed E-state index contributed by atoms with van der Waals surface area (Å²) in [5.74, 6) is -1.75. The molecule has 0 aromatic carbocycles. The average Bonchev–Trinajstić information content (AvgIpc) is 2.84. The van der Waals surface area contributed by atoms with Crippen LogP contribution >= 0.6 is 11.3 Å². The maximum Gasteiger partial charge on any atom is 0.259 e. The Balaban J connectivity index is 1.99. The lowest BCUT2D eigenvalue weighted by atomic mass is 10.1. The van der Waals surface area contributed by atoms with Gasteiger partial charge in [0.2, 0.25) is 5.91 Å². The fraction of sp³-hybridized carbons (Fsp3) is 0.188. The zero-order chi connectivity index (χ0) is 17.3. The van der Waals surface area contributed by atoms with E-state index in [4.69, 9.17) is 0 Å². The number of hydrogen-bond donors (Lipinski definition) is 2. The van der Waals surface area contributed by atoms with E-state index >= 15 is 0 Å². The number of fused-ring (bicyclic) bond motifs is 1. The number of anilines is 1. The molecule has 0 fully saturated rings. The molecular weight excluding hydrogens is 326 g/mol. The van der Waals surface area contributed by atoms with Crippen LogP contribution in [0.15, 0.2) is 29.3 Å². The summed E-state index contributed by atoms with van der Waals surface area (Å²) in [7, 11) is 0. The normalized spacial score (nSPS) is 11.9. The number of hydrogen-bond acceptors (Lipinski definition) is 6. The number of thiophene rings is 1. The second-order valence-electron chi connectivity index (χ2n) is 5.21. The van der Waals surface area contributed by atoms with E-state index in [9.17, 15) is 14.9 Å². The Morgan fingerprint density at radius 1 is 1.46 bits per heavy atom. The molecule has 0 aliphatic rings. The molecule has 8 heteroatoms. The molecule has 3 heterocycles. The number of aromatic nitrogens is 3. The second kappa shape index (κ2) is 6.22. The van der Waals surface area contributed by atoms with Gasteiger partial charge in [0.15, 0.2) is 5.92 Å². The Bertz CT molecular complexity index is 1020. The van der Waals surface area contributed by atoms with Crippen molar-refractivity contribution in [2.24, 2.45) is 0 Å². The van der Waals surface area contributed by atoms with E-state index in [1.54, 1.807) is 18.3 Å². The van der Waals surface area contributed by atoms with E-state index in [2.05, 4.69) is 20.3 Å². The third-order valence-corrected chi connectivity index (χ3v) is 4.75. The number of nitrogens with one attached hydrogen (secondary N) is 2. The Kier molecular flexibility index (Phi) is 4.10. The first kappa shape index (κ1) is 15.8. The van der Waals surface area contributed by atoms with Crippen LogP contribution in [-0.4, -0.2) is 20.9 Å². The number of aromatic amines is 1. The van der Waals surface area contributed by atoms with Gasteiger partial charge in [0.05, 0.1) is 23.3 Å². The summed E-state index contributed by atoms with van der Waals surface area (Å²) in [6.45, 7) is 3.75. The smallest absolute Gasteiger partial charge is 0.259 e. The van der Waals surface area contributed by atoms with Crippen LogP contribution in [0.25, 0.3) is 10.2 Å². The van der Waals surface area contributed by atoms with Gasteiger partial charge >= 0.3 is 0 Å². The fourth-order valence-electron chi connectivity index (χ4n) is 2.30. The highest BCUT2D eigenvalue weighted by molar-refractivity contribution is 7.18. The molecule has 3 rings (SSSR count). The molecule has 3 aromatic heterocycles. The molecule has 0 saturated heterocycles. The number of carbonyl (C=O) groups excluding carboxylic acids is 1. The van der Waals surface area contributed by atoms with Gasteiger partial charge in [-0.05, 0) is 31.5 Å². The van der Waals surface area contributed by atoms with Gasteiger partial charge in [0.1, 0.15) is 10.7 Å². The van der Waals surface area contributed by atoms with E-state index in [0.717, 1.165) is 10.4 Å². The molecule has 3 aromatic rings. The van der Waals surface area contributed by atoms with E-state index < -0.39 is 11.8 Å². The number of rotatable bonds is 3. The number of carbonyl (C=O) groups is 1. The van der Waals surface area contributed by atoms with Crippen molar-refractivity contribution in [2.45, 2.75) is 19.8 Å². The van der Waals surface area contributed by atoms with Gasteiger partial charge in [-0.25, -0.2) is 4.98 Å². The van der Waals surface area contributed by atoms with Crippen LogP contribution in [0.2, 0.25) is 0 Å². The van der Waals surface area contributed by atoms with Crippen molar-refractivity contribution in [1.29, 1.82) is 5.26 Å². The SMILES string of the molecule is Cc1sc2nc([C@H](C#N)C(=O)Nc3cccnc3)[nH]c(=O)c2c1C. The Labute approximate surface area is 141 Å². The molecule has 0 aliphatic heterocycles. The monoisotopic (exact) mass is 339 g/mol. The van der Waals surface area contributed by atoms with Crippen molar-refractivity contribution < 1.29 is 4.79 Å². The summed E-state index contributed by atoms with van der Waals surface area (Å²) < 4.78 is 0. The minimum Gasteiger partial charge on any atom is -0.323 e. The molecule has 0 aliphatic carbocycles. The minimum atomic E-state index is -1.22. The third kappa shape index (κ3) is 2.77. The average molecular weight is 339 g/mol. The lowest BCUT2D eigenvalue weighted by molar-refractivity contribution is -0.116. The molecule has 0 radical (unpaired) electrons. The molecule has 120 valence electrons. The highest BCUT2D eigenvalue weighted by Crippen LogP contribution is 2.26. The zero-order valence-corrected chi connectivity index (χ0v) is 13.8. The highest BCUT2D eigenvalue weighted by atomic mass is 32.1. The summed E-state index contributed by atoms with van der Waals surface area (Å²) in [6, 6.07) is 5.22. The molecular formula is C16H13N5O2S.